The molecular weight excluding hydrogens is 358 g/mol. The molecule has 20 heavy (non-hydrogen) atoms. The predicted molar refractivity (Wildman–Crippen MR) is 90.1 cm³/mol. The van der Waals surface area contributed by atoms with Crippen molar-refractivity contribution in [3.05, 3.63) is 49.6 Å². The van der Waals surface area contributed by atoms with Crippen LogP contribution in [-0.2, 0) is 6.42 Å². The van der Waals surface area contributed by atoms with Gasteiger partial charge in [0.1, 0.15) is 5.75 Å². The quantitative estimate of drug-likeness (QED) is 0.762. The Bertz CT molecular complexity index is 573. The molecule has 1 N–H and O–H groups in total. The summed E-state index contributed by atoms with van der Waals surface area (Å²) in [6.07, 6.45) is 0.999. The lowest BCUT2D eigenvalue weighted by atomic mass is 10.1. The standard InChI is InChI=1S/C15H17BrClNOS/c1-10(11-3-5-14(19-2)13(16)9-11)18-8-7-12-4-6-15(17)20-12/h3-6,9-10,18H,7-8H2,1-2H3. The van der Waals surface area contributed by atoms with E-state index >= 15 is 0 Å². The Morgan fingerprint density at radius 2 is 2.15 bits per heavy atom. The van der Waals surface area contributed by atoms with E-state index in [-0.39, 0.29) is 0 Å². The number of methoxy groups -OCH3 is 1. The van der Waals surface area contributed by atoms with Gasteiger partial charge in [-0.25, -0.2) is 0 Å². The van der Waals surface area contributed by atoms with Crippen molar-refractivity contribution in [3.8, 4) is 5.75 Å². The van der Waals surface area contributed by atoms with Crippen LogP contribution in [0.1, 0.15) is 23.4 Å². The molecule has 0 aliphatic heterocycles. The van der Waals surface area contributed by atoms with E-state index in [9.17, 15) is 0 Å². The molecule has 2 rings (SSSR count). The van der Waals surface area contributed by atoms with Gasteiger partial charge in [-0.1, -0.05) is 17.7 Å². The van der Waals surface area contributed by atoms with Gasteiger partial charge in [-0.15, -0.1) is 11.3 Å². The highest BCUT2D eigenvalue weighted by Crippen LogP contribution is 2.28. The number of nitrogens with one attached hydrogen (secondary N) is 1. The van der Waals surface area contributed by atoms with Gasteiger partial charge in [0.05, 0.1) is 15.9 Å². The fourth-order valence-electron chi connectivity index (χ4n) is 1.97. The molecule has 1 unspecified atom stereocenters. The first kappa shape index (κ1) is 15.8. The lowest BCUT2D eigenvalue weighted by molar-refractivity contribution is 0.411. The molecule has 0 spiro atoms. The third kappa shape index (κ3) is 4.22. The zero-order valence-electron chi connectivity index (χ0n) is 11.5. The van der Waals surface area contributed by atoms with Crippen LogP contribution in [0.25, 0.3) is 0 Å². The van der Waals surface area contributed by atoms with Crippen LogP contribution in [0.5, 0.6) is 5.75 Å². The Morgan fingerprint density at radius 1 is 1.35 bits per heavy atom. The average Bonchev–Trinajstić information content (AvgIpc) is 2.84. The Morgan fingerprint density at radius 3 is 2.75 bits per heavy atom. The van der Waals surface area contributed by atoms with Crippen molar-refractivity contribution in [1.82, 2.24) is 5.32 Å². The van der Waals surface area contributed by atoms with Crippen LogP contribution in [-0.4, -0.2) is 13.7 Å². The average molecular weight is 375 g/mol. The van der Waals surface area contributed by atoms with E-state index < -0.39 is 0 Å². The summed E-state index contributed by atoms with van der Waals surface area (Å²) in [6, 6.07) is 10.5. The molecule has 5 heteroatoms. The summed E-state index contributed by atoms with van der Waals surface area (Å²) in [5, 5.41) is 3.52. The molecular formula is C15H17BrClNOS. The van der Waals surface area contributed by atoms with Gasteiger partial charge in [0.2, 0.25) is 0 Å². The van der Waals surface area contributed by atoms with Crippen molar-refractivity contribution in [1.29, 1.82) is 0 Å². The van der Waals surface area contributed by atoms with Gasteiger partial charge in [0.15, 0.2) is 0 Å². The summed E-state index contributed by atoms with van der Waals surface area (Å²) in [7, 11) is 1.67. The van der Waals surface area contributed by atoms with Crippen LogP contribution < -0.4 is 10.1 Å². The molecule has 108 valence electrons. The van der Waals surface area contributed by atoms with Gasteiger partial charge in [-0.2, -0.15) is 0 Å². The van der Waals surface area contributed by atoms with Crippen LogP contribution >= 0.6 is 38.9 Å². The van der Waals surface area contributed by atoms with Gasteiger partial charge >= 0.3 is 0 Å². The lowest BCUT2D eigenvalue weighted by Crippen LogP contribution is -2.21. The molecule has 1 atom stereocenters. The van der Waals surface area contributed by atoms with E-state index in [2.05, 4.69) is 46.4 Å². The number of rotatable bonds is 6. The third-order valence-electron chi connectivity index (χ3n) is 3.13. The fourth-order valence-corrected chi connectivity index (χ4v) is 3.61. The molecule has 2 aromatic rings. The number of benzene rings is 1. The summed E-state index contributed by atoms with van der Waals surface area (Å²) in [5.41, 5.74) is 1.24. The van der Waals surface area contributed by atoms with Crippen LogP contribution in [0.15, 0.2) is 34.8 Å². The van der Waals surface area contributed by atoms with E-state index in [1.807, 2.05) is 12.1 Å². The molecule has 0 radical (unpaired) electrons. The first-order chi connectivity index (χ1) is 9.60. The highest BCUT2D eigenvalue weighted by molar-refractivity contribution is 9.10. The van der Waals surface area contributed by atoms with Gasteiger partial charge in [0.25, 0.3) is 0 Å². The zero-order chi connectivity index (χ0) is 14.5. The SMILES string of the molecule is COc1ccc(C(C)NCCc2ccc(Cl)s2)cc1Br. The second-order valence-electron chi connectivity index (χ2n) is 4.53. The second-order valence-corrected chi connectivity index (χ2v) is 7.18. The second kappa shape index (κ2) is 7.46. The summed E-state index contributed by atoms with van der Waals surface area (Å²) in [6.45, 7) is 3.09. The van der Waals surface area contributed by atoms with Crippen LogP contribution in [0.3, 0.4) is 0 Å². The number of ether oxygens (including phenoxy) is 1. The van der Waals surface area contributed by atoms with Crippen molar-refractivity contribution < 1.29 is 4.74 Å². The van der Waals surface area contributed by atoms with E-state index in [0.717, 1.165) is 27.5 Å². The van der Waals surface area contributed by atoms with E-state index in [1.54, 1.807) is 18.4 Å². The minimum Gasteiger partial charge on any atom is -0.496 e. The molecule has 0 fully saturated rings. The molecule has 0 aliphatic rings. The Balaban J connectivity index is 1.88. The Labute approximate surface area is 137 Å². The normalized spacial score (nSPS) is 12.4. The largest absolute Gasteiger partial charge is 0.496 e. The molecule has 2 nitrogen and oxygen atoms in total. The van der Waals surface area contributed by atoms with Gasteiger partial charge in [-0.05, 0) is 59.1 Å². The summed E-state index contributed by atoms with van der Waals surface area (Å²) >= 11 is 11.1. The van der Waals surface area contributed by atoms with Crippen molar-refractivity contribution in [3.63, 3.8) is 0 Å². The van der Waals surface area contributed by atoms with Crippen LogP contribution in [0, 0.1) is 0 Å². The van der Waals surface area contributed by atoms with E-state index in [0.29, 0.717) is 6.04 Å². The Kier molecular flexibility index (Phi) is 5.90. The minimum absolute atomic E-state index is 0.299. The van der Waals surface area contributed by atoms with Crippen molar-refractivity contribution in [2.45, 2.75) is 19.4 Å². The third-order valence-corrected chi connectivity index (χ3v) is 5.04. The maximum absolute atomic E-state index is 5.92. The minimum atomic E-state index is 0.299. The van der Waals surface area contributed by atoms with Crippen molar-refractivity contribution in [2.24, 2.45) is 0 Å². The first-order valence-corrected chi connectivity index (χ1v) is 8.40. The van der Waals surface area contributed by atoms with E-state index in [1.165, 1.54) is 10.4 Å². The predicted octanol–water partition coefficient (Wildman–Crippen LogP) is 5.07. The number of hydrogen-bond acceptors (Lipinski definition) is 3. The Hall–Kier alpha value is -0.550. The number of hydrogen-bond donors (Lipinski definition) is 1. The molecule has 1 aromatic carbocycles. The van der Waals surface area contributed by atoms with Gasteiger partial charge in [-0.3, -0.25) is 0 Å². The number of halogens is 2. The molecule has 0 amide bonds. The van der Waals surface area contributed by atoms with E-state index in [4.69, 9.17) is 16.3 Å². The number of thiophene rings is 1. The highest BCUT2D eigenvalue weighted by atomic mass is 79.9. The molecule has 0 bridgehead atoms. The molecule has 0 aliphatic carbocycles. The lowest BCUT2D eigenvalue weighted by Gasteiger charge is -2.15. The molecule has 1 aromatic heterocycles. The maximum atomic E-state index is 5.92. The highest BCUT2D eigenvalue weighted by Gasteiger charge is 2.08. The van der Waals surface area contributed by atoms with Crippen LogP contribution in [0.2, 0.25) is 4.34 Å². The monoisotopic (exact) mass is 373 g/mol. The van der Waals surface area contributed by atoms with Gasteiger partial charge in [0, 0.05) is 17.5 Å². The summed E-state index contributed by atoms with van der Waals surface area (Å²) in [4.78, 5) is 1.31. The fraction of sp³-hybridized carbons (Fsp3) is 0.333. The van der Waals surface area contributed by atoms with Crippen molar-refractivity contribution >= 4 is 38.9 Å². The molecule has 0 saturated heterocycles. The van der Waals surface area contributed by atoms with Gasteiger partial charge < -0.3 is 10.1 Å². The smallest absolute Gasteiger partial charge is 0.133 e. The zero-order valence-corrected chi connectivity index (χ0v) is 14.6. The maximum Gasteiger partial charge on any atom is 0.133 e. The van der Waals surface area contributed by atoms with Crippen LogP contribution in [0.4, 0.5) is 0 Å². The van der Waals surface area contributed by atoms with Crippen molar-refractivity contribution in [2.75, 3.05) is 13.7 Å². The summed E-state index contributed by atoms with van der Waals surface area (Å²) < 4.78 is 7.08. The molecule has 0 saturated carbocycles. The molecule has 1 heterocycles. The topological polar surface area (TPSA) is 21.3 Å². The summed E-state index contributed by atoms with van der Waals surface area (Å²) in [5.74, 6) is 0.856. The first-order valence-electron chi connectivity index (χ1n) is 6.41.